The first-order valence-corrected chi connectivity index (χ1v) is 13.2. The van der Waals surface area contributed by atoms with E-state index in [1.807, 2.05) is 43.3 Å². The van der Waals surface area contributed by atoms with Gasteiger partial charge in [0.05, 0.1) is 11.4 Å². The molecule has 1 amide bonds. The van der Waals surface area contributed by atoms with E-state index in [9.17, 15) is 4.79 Å². The summed E-state index contributed by atoms with van der Waals surface area (Å²) < 4.78 is 8.54. The zero-order valence-electron chi connectivity index (χ0n) is 22.3. The van der Waals surface area contributed by atoms with Gasteiger partial charge >= 0.3 is 0 Å². The van der Waals surface area contributed by atoms with Gasteiger partial charge in [0.15, 0.2) is 5.76 Å². The lowest BCUT2D eigenvalue weighted by Gasteiger charge is -2.29. The lowest BCUT2D eigenvalue weighted by molar-refractivity contribution is 0.0993. The van der Waals surface area contributed by atoms with Crippen molar-refractivity contribution in [3.8, 4) is 0 Å². The van der Waals surface area contributed by atoms with E-state index in [1.54, 1.807) is 0 Å². The summed E-state index contributed by atoms with van der Waals surface area (Å²) in [5, 5.41) is 10.1. The Balaban J connectivity index is 1.34. The number of hydrogen-bond acceptors (Lipinski definition) is 4. The molecule has 38 heavy (non-hydrogen) atoms. The van der Waals surface area contributed by atoms with Gasteiger partial charge in [0.25, 0.3) is 5.91 Å². The van der Waals surface area contributed by atoms with E-state index in [1.165, 1.54) is 10.9 Å². The van der Waals surface area contributed by atoms with E-state index in [4.69, 9.17) is 9.52 Å². The van der Waals surface area contributed by atoms with Gasteiger partial charge in [0, 0.05) is 51.6 Å². The Morgan fingerprint density at radius 2 is 1.68 bits per heavy atom. The molecule has 5 aromatic rings. The first-order valence-electron chi connectivity index (χ1n) is 13.2. The summed E-state index contributed by atoms with van der Waals surface area (Å²) in [6.45, 7) is 9.39. The number of aromatic nitrogens is 1. The van der Waals surface area contributed by atoms with Crippen molar-refractivity contribution in [1.29, 1.82) is 0 Å². The van der Waals surface area contributed by atoms with Gasteiger partial charge in [-0.25, -0.2) is 0 Å². The molecular formula is C32H32N4O2. The molecule has 2 aromatic heterocycles. The quantitative estimate of drug-likeness (QED) is 0.240. The Hall–Kier alpha value is -4.32. The van der Waals surface area contributed by atoms with E-state index in [-0.39, 0.29) is 11.3 Å². The third kappa shape index (κ3) is 4.16. The number of nitrogens with zero attached hydrogens (tertiary/aromatic N) is 2. The van der Waals surface area contributed by atoms with Crippen LogP contribution in [0.15, 0.2) is 82.3 Å². The third-order valence-corrected chi connectivity index (χ3v) is 7.44. The van der Waals surface area contributed by atoms with Crippen LogP contribution in [0.4, 0.5) is 11.4 Å². The van der Waals surface area contributed by atoms with Gasteiger partial charge in [-0.05, 0) is 62.1 Å². The number of hydrogen-bond donors (Lipinski definition) is 2. The molecule has 0 unspecified atom stereocenters. The third-order valence-electron chi connectivity index (χ3n) is 7.44. The van der Waals surface area contributed by atoms with Crippen LogP contribution in [0.1, 0.15) is 54.6 Å². The summed E-state index contributed by atoms with van der Waals surface area (Å²) in [5.74, 6) is 0.916. The fraction of sp³-hybridized carbons (Fsp3) is 0.250. The molecule has 0 fully saturated rings. The topological polar surface area (TPSA) is 71.6 Å². The number of amides is 1. The first kappa shape index (κ1) is 24.0. The van der Waals surface area contributed by atoms with Gasteiger partial charge in [-0.2, -0.15) is 5.10 Å². The van der Waals surface area contributed by atoms with Crippen molar-refractivity contribution >= 4 is 44.8 Å². The zero-order valence-corrected chi connectivity index (χ0v) is 22.3. The standard InChI is InChI=1S/C32H32N4O2/c1-5-36-26-14-10-9-13-23(26)24-17-22(15-16-27(24)36)33-31(37)30-20(2)29-25(18-32(3,4)19-28(29)38-30)35-34-21-11-7-6-8-12-21/h6-17,34H,5,18-19H2,1-4H3,(H,33,37)/b35-25-. The molecule has 0 aliphatic heterocycles. The Kier molecular flexibility index (Phi) is 5.83. The second kappa shape index (κ2) is 9.21. The lowest BCUT2D eigenvalue weighted by atomic mass is 9.75. The maximum Gasteiger partial charge on any atom is 0.291 e. The molecule has 3 aromatic carbocycles. The number of aryl methyl sites for hydroxylation is 1. The van der Waals surface area contributed by atoms with Crippen LogP contribution in [0, 0.1) is 12.3 Å². The number of benzene rings is 3. The highest BCUT2D eigenvalue weighted by Gasteiger charge is 2.36. The van der Waals surface area contributed by atoms with Gasteiger partial charge in [-0.3, -0.25) is 10.2 Å². The van der Waals surface area contributed by atoms with Crippen LogP contribution in [-0.4, -0.2) is 16.2 Å². The van der Waals surface area contributed by atoms with Crippen LogP contribution >= 0.6 is 0 Å². The molecule has 0 atom stereocenters. The second-order valence-electron chi connectivity index (χ2n) is 10.9. The van der Waals surface area contributed by atoms with Crippen LogP contribution in [0.2, 0.25) is 0 Å². The van der Waals surface area contributed by atoms with Crippen molar-refractivity contribution in [2.24, 2.45) is 10.5 Å². The van der Waals surface area contributed by atoms with E-state index in [0.29, 0.717) is 5.76 Å². The molecule has 6 nitrogen and oxygen atoms in total. The summed E-state index contributed by atoms with van der Waals surface area (Å²) in [6, 6.07) is 24.4. The van der Waals surface area contributed by atoms with Crippen LogP contribution < -0.4 is 10.7 Å². The lowest BCUT2D eigenvalue weighted by Crippen LogP contribution is -2.27. The highest BCUT2D eigenvalue weighted by atomic mass is 16.4. The normalized spacial score (nSPS) is 15.6. The summed E-state index contributed by atoms with van der Waals surface area (Å²) in [7, 11) is 0. The predicted octanol–water partition coefficient (Wildman–Crippen LogP) is 7.76. The Labute approximate surface area is 222 Å². The van der Waals surface area contributed by atoms with Gasteiger partial charge < -0.3 is 14.3 Å². The van der Waals surface area contributed by atoms with Gasteiger partial charge in [-0.15, -0.1) is 0 Å². The average molecular weight is 505 g/mol. The van der Waals surface area contributed by atoms with E-state index in [2.05, 4.69) is 72.5 Å². The van der Waals surface area contributed by atoms with Gasteiger partial charge in [-0.1, -0.05) is 50.2 Å². The Bertz CT molecular complexity index is 1710. The number of anilines is 2. The smallest absolute Gasteiger partial charge is 0.291 e. The molecule has 2 heterocycles. The maximum atomic E-state index is 13.5. The van der Waals surface area contributed by atoms with E-state index < -0.39 is 0 Å². The molecule has 0 saturated heterocycles. The van der Waals surface area contributed by atoms with Crippen LogP contribution in [-0.2, 0) is 13.0 Å². The average Bonchev–Trinajstić information content (AvgIpc) is 3.41. The summed E-state index contributed by atoms with van der Waals surface area (Å²) >= 11 is 0. The van der Waals surface area contributed by atoms with Crippen molar-refractivity contribution in [3.63, 3.8) is 0 Å². The van der Waals surface area contributed by atoms with Crippen LogP contribution in [0.25, 0.3) is 21.8 Å². The monoisotopic (exact) mass is 504 g/mol. The van der Waals surface area contributed by atoms with Crippen molar-refractivity contribution in [3.05, 3.63) is 95.4 Å². The minimum absolute atomic E-state index is 0.0270. The number of nitrogens with one attached hydrogen (secondary N) is 2. The molecular weight excluding hydrogens is 472 g/mol. The van der Waals surface area contributed by atoms with E-state index in [0.717, 1.165) is 64.3 Å². The SMILES string of the molecule is CCn1c2ccccc2c2cc(NC(=O)c3oc4c(c3C)/C(=N\Nc3ccccc3)CC(C)(C)C4)ccc21. The fourth-order valence-corrected chi connectivity index (χ4v) is 5.73. The molecule has 6 heteroatoms. The minimum atomic E-state index is -0.247. The van der Waals surface area contributed by atoms with Crippen molar-refractivity contribution in [2.45, 2.75) is 47.1 Å². The minimum Gasteiger partial charge on any atom is -0.455 e. The summed E-state index contributed by atoms with van der Waals surface area (Å²) in [4.78, 5) is 13.5. The summed E-state index contributed by atoms with van der Waals surface area (Å²) in [6.07, 6.45) is 1.54. The molecule has 0 saturated carbocycles. The molecule has 6 rings (SSSR count). The number of carbonyl (C=O) groups is 1. The molecule has 192 valence electrons. The number of fused-ring (bicyclic) bond motifs is 4. The highest BCUT2D eigenvalue weighted by molar-refractivity contribution is 6.12. The molecule has 0 spiro atoms. The summed E-state index contributed by atoms with van der Waals surface area (Å²) in [5.41, 5.74) is 9.85. The van der Waals surface area contributed by atoms with Crippen LogP contribution in [0.5, 0.6) is 0 Å². The molecule has 1 aliphatic rings. The zero-order chi connectivity index (χ0) is 26.4. The maximum absolute atomic E-state index is 13.5. The number of rotatable bonds is 5. The largest absolute Gasteiger partial charge is 0.455 e. The number of carbonyl (C=O) groups excluding carboxylic acids is 1. The van der Waals surface area contributed by atoms with Crippen LogP contribution in [0.3, 0.4) is 0 Å². The Morgan fingerprint density at radius 1 is 0.947 bits per heavy atom. The highest BCUT2D eigenvalue weighted by Crippen LogP contribution is 2.39. The van der Waals surface area contributed by atoms with Crippen molar-refractivity contribution in [1.82, 2.24) is 4.57 Å². The van der Waals surface area contributed by atoms with E-state index >= 15 is 0 Å². The van der Waals surface area contributed by atoms with Crippen molar-refractivity contribution in [2.75, 3.05) is 10.7 Å². The van der Waals surface area contributed by atoms with Crippen molar-refractivity contribution < 1.29 is 9.21 Å². The number of hydrazone groups is 1. The molecule has 0 bridgehead atoms. The number of para-hydroxylation sites is 2. The Morgan fingerprint density at radius 3 is 2.47 bits per heavy atom. The predicted molar refractivity (Wildman–Crippen MR) is 155 cm³/mol. The second-order valence-corrected chi connectivity index (χ2v) is 10.9. The molecule has 0 radical (unpaired) electrons. The number of furan rings is 1. The molecule has 1 aliphatic carbocycles. The molecule has 2 N–H and O–H groups in total. The first-order chi connectivity index (χ1) is 18.3. The fourth-order valence-electron chi connectivity index (χ4n) is 5.73. The van der Waals surface area contributed by atoms with Gasteiger partial charge in [0.1, 0.15) is 5.76 Å². The van der Waals surface area contributed by atoms with Gasteiger partial charge in [0.2, 0.25) is 0 Å².